The van der Waals surface area contributed by atoms with Gasteiger partial charge < -0.3 is 15.2 Å². The van der Waals surface area contributed by atoms with E-state index in [4.69, 9.17) is 9.84 Å². The molecule has 2 N–H and O–H groups in total. The van der Waals surface area contributed by atoms with E-state index in [-0.39, 0.29) is 29.9 Å². The Hall–Kier alpha value is -2.04. The predicted molar refractivity (Wildman–Crippen MR) is 82.6 cm³/mol. The minimum Gasteiger partial charge on any atom is -0.482 e. The molecule has 1 aliphatic carbocycles. The number of carboxylic acid groups (broad SMARTS) is 1. The lowest BCUT2D eigenvalue weighted by molar-refractivity contribution is -0.139. The molecule has 120 valence electrons. The monoisotopic (exact) mass is 305 g/mol. The van der Waals surface area contributed by atoms with Crippen molar-refractivity contribution in [2.24, 2.45) is 11.3 Å². The Labute approximate surface area is 130 Å². The fraction of sp³-hybridized carbons (Fsp3) is 0.529. The summed E-state index contributed by atoms with van der Waals surface area (Å²) in [5.41, 5.74) is 1.13. The van der Waals surface area contributed by atoms with E-state index in [1.807, 2.05) is 19.1 Å². The third-order valence-corrected chi connectivity index (χ3v) is 4.58. The van der Waals surface area contributed by atoms with E-state index in [2.05, 4.69) is 19.2 Å². The zero-order chi connectivity index (χ0) is 16.3. The molecule has 0 heterocycles. The molecule has 1 amide bonds. The van der Waals surface area contributed by atoms with Crippen molar-refractivity contribution in [3.63, 3.8) is 0 Å². The number of rotatable bonds is 7. The molecule has 1 saturated carbocycles. The zero-order valence-electron chi connectivity index (χ0n) is 13.3. The van der Waals surface area contributed by atoms with Gasteiger partial charge in [-0.1, -0.05) is 26.0 Å². The van der Waals surface area contributed by atoms with Gasteiger partial charge in [0.05, 0.1) is 6.04 Å². The van der Waals surface area contributed by atoms with Gasteiger partial charge >= 0.3 is 5.97 Å². The lowest BCUT2D eigenvalue weighted by Crippen LogP contribution is -2.29. The van der Waals surface area contributed by atoms with Gasteiger partial charge in [-0.3, -0.25) is 4.79 Å². The van der Waals surface area contributed by atoms with Gasteiger partial charge in [0.25, 0.3) is 0 Å². The van der Waals surface area contributed by atoms with Crippen LogP contribution in [-0.2, 0) is 9.59 Å². The third-order valence-electron chi connectivity index (χ3n) is 4.58. The van der Waals surface area contributed by atoms with Crippen molar-refractivity contribution in [2.75, 3.05) is 6.61 Å². The van der Waals surface area contributed by atoms with Crippen LogP contribution >= 0.6 is 0 Å². The average molecular weight is 305 g/mol. The van der Waals surface area contributed by atoms with Gasteiger partial charge in [0.2, 0.25) is 5.91 Å². The highest BCUT2D eigenvalue weighted by Crippen LogP contribution is 2.54. The summed E-state index contributed by atoms with van der Waals surface area (Å²) >= 11 is 0. The fourth-order valence-corrected chi connectivity index (χ4v) is 2.60. The number of aliphatic carboxylic acids is 1. The molecule has 0 spiro atoms. The molecular formula is C17H23NO4. The van der Waals surface area contributed by atoms with Crippen LogP contribution in [0.5, 0.6) is 5.75 Å². The maximum Gasteiger partial charge on any atom is 0.341 e. The summed E-state index contributed by atoms with van der Waals surface area (Å²) in [6, 6.07) is 7.03. The number of benzene rings is 1. The van der Waals surface area contributed by atoms with E-state index in [1.54, 1.807) is 12.1 Å². The minimum absolute atomic E-state index is 0.0808. The Bertz CT molecular complexity index is 554. The second-order valence-corrected chi connectivity index (χ2v) is 6.25. The maximum atomic E-state index is 12.2. The summed E-state index contributed by atoms with van der Waals surface area (Å²) in [5, 5.41) is 11.6. The molecule has 0 aliphatic heterocycles. The minimum atomic E-state index is -1.01. The van der Waals surface area contributed by atoms with Gasteiger partial charge in [-0.2, -0.15) is 0 Å². The summed E-state index contributed by atoms with van der Waals surface area (Å²) in [7, 11) is 0. The van der Waals surface area contributed by atoms with Crippen LogP contribution < -0.4 is 10.1 Å². The van der Waals surface area contributed by atoms with Gasteiger partial charge in [0.15, 0.2) is 6.61 Å². The van der Waals surface area contributed by atoms with Crippen molar-refractivity contribution in [1.29, 1.82) is 0 Å². The number of hydrogen-bond acceptors (Lipinski definition) is 3. The summed E-state index contributed by atoms with van der Waals surface area (Å²) in [6.07, 6.45) is 1.99. The Balaban J connectivity index is 1.89. The molecule has 0 saturated heterocycles. The van der Waals surface area contributed by atoms with Crippen LogP contribution in [0.15, 0.2) is 24.3 Å². The fourth-order valence-electron chi connectivity index (χ4n) is 2.60. The van der Waals surface area contributed by atoms with Crippen LogP contribution in [0.4, 0.5) is 0 Å². The summed E-state index contributed by atoms with van der Waals surface area (Å²) in [4.78, 5) is 22.7. The normalized spacial score (nSPS) is 24.4. The van der Waals surface area contributed by atoms with E-state index in [0.717, 1.165) is 18.4 Å². The first kappa shape index (κ1) is 16.3. The van der Waals surface area contributed by atoms with Crippen LogP contribution in [0, 0.1) is 11.3 Å². The first-order chi connectivity index (χ1) is 10.4. The van der Waals surface area contributed by atoms with Gasteiger partial charge in [-0.25, -0.2) is 4.79 Å². The van der Waals surface area contributed by atoms with E-state index in [1.165, 1.54) is 0 Å². The Morgan fingerprint density at radius 3 is 2.55 bits per heavy atom. The summed E-state index contributed by atoms with van der Waals surface area (Å²) < 4.78 is 5.09. The number of hydrogen-bond donors (Lipinski definition) is 2. The van der Waals surface area contributed by atoms with Crippen molar-refractivity contribution in [1.82, 2.24) is 5.32 Å². The number of carboxylic acids is 1. The van der Waals surface area contributed by atoms with Crippen LogP contribution in [0.25, 0.3) is 0 Å². The lowest BCUT2D eigenvalue weighted by atomic mass is 10.0. The molecule has 1 fully saturated rings. The van der Waals surface area contributed by atoms with Crippen LogP contribution in [-0.4, -0.2) is 23.6 Å². The van der Waals surface area contributed by atoms with Crippen LogP contribution in [0.1, 0.15) is 45.2 Å². The molecule has 0 radical (unpaired) electrons. The van der Waals surface area contributed by atoms with Crippen molar-refractivity contribution in [2.45, 2.75) is 39.7 Å². The van der Waals surface area contributed by atoms with E-state index in [0.29, 0.717) is 5.75 Å². The smallest absolute Gasteiger partial charge is 0.341 e. The molecule has 5 nitrogen and oxygen atoms in total. The van der Waals surface area contributed by atoms with Crippen LogP contribution in [0.3, 0.4) is 0 Å². The maximum absolute atomic E-state index is 12.2. The first-order valence-electron chi connectivity index (χ1n) is 7.60. The summed E-state index contributed by atoms with van der Waals surface area (Å²) in [6.45, 7) is 5.85. The van der Waals surface area contributed by atoms with Crippen molar-refractivity contribution in [3.05, 3.63) is 29.8 Å². The molecule has 5 heteroatoms. The van der Waals surface area contributed by atoms with Gasteiger partial charge in [-0.15, -0.1) is 0 Å². The SMILES string of the molecule is CCC1(C)CC1C(=O)NC(C)c1ccc(OCC(=O)O)cc1. The molecule has 0 bridgehead atoms. The number of carbonyl (C=O) groups excluding carboxylic acids is 1. The molecule has 1 aromatic carbocycles. The quantitative estimate of drug-likeness (QED) is 0.812. The second kappa shape index (κ2) is 6.38. The number of nitrogens with one attached hydrogen (secondary N) is 1. The van der Waals surface area contributed by atoms with Crippen molar-refractivity contribution in [3.8, 4) is 5.75 Å². The van der Waals surface area contributed by atoms with Crippen molar-refractivity contribution < 1.29 is 19.4 Å². The Kier molecular flexibility index (Phi) is 4.74. The van der Waals surface area contributed by atoms with E-state index in [9.17, 15) is 9.59 Å². The molecule has 3 unspecified atom stereocenters. The summed E-state index contributed by atoms with van der Waals surface area (Å²) in [5.74, 6) is -0.264. The van der Waals surface area contributed by atoms with Gasteiger partial charge in [0.1, 0.15) is 5.75 Å². The number of carbonyl (C=O) groups is 2. The van der Waals surface area contributed by atoms with Gasteiger partial charge in [0, 0.05) is 5.92 Å². The molecule has 0 aromatic heterocycles. The standard InChI is InChI=1S/C17H23NO4/c1-4-17(3)9-14(17)16(21)18-11(2)12-5-7-13(8-6-12)22-10-15(19)20/h5-8,11,14H,4,9-10H2,1-3H3,(H,18,21)(H,19,20). The molecule has 22 heavy (non-hydrogen) atoms. The number of amides is 1. The lowest BCUT2D eigenvalue weighted by Gasteiger charge is -2.16. The first-order valence-corrected chi connectivity index (χ1v) is 7.60. The predicted octanol–water partition coefficient (Wildman–Crippen LogP) is 2.76. The topological polar surface area (TPSA) is 75.6 Å². The highest BCUT2D eigenvalue weighted by atomic mass is 16.5. The molecule has 2 rings (SSSR count). The van der Waals surface area contributed by atoms with E-state index >= 15 is 0 Å². The molecule has 1 aromatic rings. The third kappa shape index (κ3) is 3.78. The highest BCUT2D eigenvalue weighted by Gasteiger charge is 2.52. The molecule has 3 atom stereocenters. The number of ether oxygens (including phenoxy) is 1. The largest absolute Gasteiger partial charge is 0.482 e. The van der Waals surface area contributed by atoms with Crippen molar-refractivity contribution >= 4 is 11.9 Å². The molecule has 1 aliphatic rings. The second-order valence-electron chi connectivity index (χ2n) is 6.25. The van der Waals surface area contributed by atoms with E-state index < -0.39 is 5.97 Å². The van der Waals surface area contributed by atoms with Crippen LogP contribution in [0.2, 0.25) is 0 Å². The average Bonchev–Trinajstić information content (AvgIpc) is 3.18. The Morgan fingerprint density at radius 2 is 2.05 bits per heavy atom. The van der Waals surface area contributed by atoms with Gasteiger partial charge in [-0.05, 0) is 42.9 Å². The Morgan fingerprint density at radius 1 is 1.41 bits per heavy atom. The highest BCUT2D eigenvalue weighted by molar-refractivity contribution is 5.82. The zero-order valence-corrected chi connectivity index (χ0v) is 13.3. The molecular weight excluding hydrogens is 282 g/mol.